The van der Waals surface area contributed by atoms with E-state index in [-0.39, 0.29) is 6.54 Å². The van der Waals surface area contributed by atoms with Crippen LogP contribution in [0.1, 0.15) is 34.6 Å². The Kier molecular flexibility index (Phi) is 18.7. The number of hydrogen-bond donors (Lipinski definition) is 3. The smallest absolute Gasteiger partial charge is 0.207 e. The number of halogens is 1. The SMILES string of the molecule is CC.CCNCCOCCNCCOC(C)(C)C(F)CNC=O. The molecule has 0 aliphatic heterocycles. The zero-order valence-electron chi connectivity index (χ0n) is 15.4. The van der Waals surface area contributed by atoms with Crippen LogP contribution in [-0.2, 0) is 14.3 Å². The van der Waals surface area contributed by atoms with Crippen LogP contribution in [0.25, 0.3) is 0 Å². The van der Waals surface area contributed by atoms with Crippen molar-refractivity contribution in [3.63, 3.8) is 0 Å². The van der Waals surface area contributed by atoms with E-state index in [0.29, 0.717) is 32.8 Å². The van der Waals surface area contributed by atoms with E-state index < -0.39 is 11.8 Å². The number of carbonyl (C=O) groups is 1. The first-order chi connectivity index (χ1) is 11.0. The molecule has 0 saturated carbocycles. The minimum Gasteiger partial charge on any atom is -0.379 e. The van der Waals surface area contributed by atoms with Gasteiger partial charge in [0.1, 0.15) is 6.17 Å². The first-order valence-electron chi connectivity index (χ1n) is 8.48. The summed E-state index contributed by atoms with van der Waals surface area (Å²) in [5.74, 6) is 0. The predicted octanol–water partition coefficient (Wildman–Crippen LogP) is 1.11. The Morgan fingerprint density at radius 2 is 1.65 bits per heavy atom. The van der Waals surface area contributed by atoms with Crippen LogP contribution in [0.3, 0.4) is 0 Å². The van der Waals surface area contributed by atoms with E-state index in [9.17, 15) is 9.18 Å². The van der Waals surface area contributed by atoms with E-state index in [1.165, 1.54) is 0 Å². The Morgan fingerprint density at radius 1 is 1.09 bits per heavy atom. The van der Waals surface area contributed by atoms with E-state index in [2.05, 4.69) is 22.9 Å². The average molecular weight is 337 g/mol. The molecule has 140 valence electrons. The van der Waals surface area contributed by atoms with Crippen LogP contribution in [-0.4, -0.2) is 70.7 Å². The first kappa shape index (κ1) is 24.5. The summed E-state index contributed by atoms with van der Waals surface area (Å²) in [7, 11) is 0. The number of ether oxygens (including phenoxy) is 2. The Morgan fingerprint density at radius 3 is 2.22 bits per heavy atom. The topological polar surface area (TPSA) is 71.6 Å². The lowest BCUT2D eigenvalue weighted by molar-refractivity contribution is -0.111. The molecule has 0 saturated heterocycles. The Hall–Kier alpha value is -0.760. The fourth-order valence-corrected chi connectivity index (χ4v) is 1.57. The van der Waals surface area contributed by atoms with Gasteiger partial charge in [-0.25, -0.2) is 4.39 Å². The fraction of sp³-hybridized carbons (Fsp3) is 0.938. The van der Waals surface area contributed by atoms with Crippen molar-refractivity contribution in [1.82, 2.24) is 16.0 Å². The quantitative estimate of drug-likeness (QED) is 0.308. The van der Waals surface area contributed by atoms with Crippen molar-refractivity contribution in [1.29, 1.82) is 0 Å². The Labute approximate surface area is 140 Å². The van der Waals surface area contributed by atoms with Crippen molar-refractivity contribution in [3.8, 4) is 0 Å². The van der Waals surface area contributed by atoms with Gasteiger partial charge in [0.2, 0.25) is 6.41 Å². The summed E-state index contributed by atoms with van der Waals surface area (Å²) in [6.45, 7) is 14.3. The van der Waals surface area contributed by atoms with E-state index >= 15 is 0 Å². The van der Waals surface area contributed by atoms with Crippen LogP contribution in [0.4, 0.5) is 4.39 Å². The number of alkyl halides is 1. The van der Waals surface area contributed by atoms with Gasteiger partial charge in [0, 0.05) is 19.6 Å². The molecule has 0 rings (SSSR count). The molecule has 23 heavy (non-hydrogen) atoms. The molecule has 3 N–H and O–H groups in total. The maximum absolute atomic E-state index is 13.8. The zero-order valence-corrected chi connectivity index (χ0v) is 15.4. The molecule has 0 bridgehead atoms. The molecule has 0 radical (unpaired) electrons. The van der Waals surface area contributed by atoms with Crippen LogP contribution in [0.15, 0.2) is 0 Å². The fourth-order valence-electron chi connectivity index (χ4n) is 1.57. The van der Waals surface area contributed by atoms with Gasteiger partial charge in [-0.1, -0.05) is 20.8 Å². The summed E-state index contributed by atoms with van der Waals surface area (Å²) >= 11 is 0. The highest BCUT2D eigenvalue weighted by atomic mass is 19.1. The lowest BCUT2D eigenvalue weighted by Crippen LogP contribution is -2.43. The van der Waals surface area contributed by atoms with Crippen molar-refractivity contribution >= 4 is 6.41 Å². The summed E-state index contributed by atoms with van der Waals surface area (Å²) in [5, 5.41) is 8.66. The Balaban J connectivity index is 0. The van der Waals surface area contributed by atoms with Crippen LogP contribution < -0.4 is 16.0 Å². The summed E-state index contributed by atoms with van der Waals surface area (Å²) in [6, 6.07) is 0. The van der Waals surface area contributed by atoms with Gasteiger partial charge in [-0.15, -0.1) is 0 Å². The second-order valence-electron chi connectivity index (χ2n) is 5.16. The number of nitrogens with one attached hydrogen (secondary N) is 3. The molecule has 1 unspecified atom stereocenters. The molecule has 1 atom stereocenters. The van der Waals surface area contributed by atoms with Gasteiger partial charge < -0.3 is 25.4 Å². The molecule has 7 heteroatoms. The summed E-state index contributed by atoms with van der Waals surface area (Å²) in [6.07, 6.45) is -0.752. The van der Waals surface area contributed by atoms with Gasteiger partial charge in [-0.05, 0) is 20.4 Å². The molecule has 0 spiro atoms. The normalized spacial score (nSPS) is 12.3. The van der Waals surface area contributed by atoms with Crippen molar-refractivity contribution in [2.24, 2.45) is 0 Å². The van der Waals surface area contributed by atoms with E-state index in [0.717, 1.165) is 19.6 Å². The van der Waals surface area contributed by atoms with Gasteiger partial charge in [0.05, 0.1) is 32.0 Å². The van der Waals surface area contributed by atoms with Gasteiger partial charge in [0.25, 0.3) is 0 Å². The number of carbonyl (C=O) groups excluding carboxylic acids is 1. The molecule has 0 aliphatic carbocycles. The molecule has 1 amide bonds. The summed E-state index contributed by atoms with van der Waals surface area (Å²) in [5.41, 5.74) is -0.917. The lowest BCUT2D eigenvalue weighted by atomic mass is 10.0. The zero-order chi connectivity index (χ0) is 18.0. The van der Waals surface area contributed by atoms with Crippen LogP contribution in [0.5, 0.6) is 0 Å². The molecular formula is C16H36FN3O3. The van der Waals surface area contributed by atoms with Crippen molar-refractivity contribution in [2.75, 3.05) is 52.5 Å². The largest absolute Gasteiger partial charge is 0.379 e. The van der Waals surface area contributed by atoms with Gasteiger partial charge in [-0.3, -0.25) is 4.79 Å². The van der Waals surface area contributed by atoms with Gasteiger partial charge in [0.15, 0.2) is 0 Å². The lowest BCUT2D eigenvalue weighted by Gasteiger charge is -2.29. The third-order valence-corrected chi connectivity index (χ3v) is 2.98. The van der Waals surface area contributed by atoms with Gasteiger partial charge >= 0.3 is 0 Å². The third kappa shape index (κ3) is 15.9. The van der Waals surface area contributed by atoms with Crippen molar-refractivity contribution < 1.29 is 18.7 Å². The van der Waals surface area contributed by atoms with Crippen molar-refractivity contribution in [3.05, 3.63) is 0 Å². The highest BCUT2D eigenvalue weighted by Gasteiger charge is 2.29. The van der Waals surface area contributed by atoms with E-state index in [1.54, 1.807) is 13.8 Å². The second kappa shape index (κ2) is 17.6. The Bertz CT molecular complexity index is 257. The third-order valence-electron chi connectivity index (χ3n) is 2.98. The number of hydrogen-bond acceptors (Lipinski definition) is 5. The molecule has 0 aromatic heterocycles. The average Bonchev–Trinajstić information content (AvgIpc) is 2.56. The maximum atomic E-state index is 13.8. The highest BCUT2D eigenvalue weighted by Crippen LogP contribution is 2.17. The van der Waals surface area contributed by atoms with E-state index in [4.69, 9.17) is 9.47 Å². The molecule has 0 aliphatic rings. The highest BCUT2D eigenvalue weighted by molar-refractivity contribution is 5.45. The van der Waals surface area contributed by atoms with E-state index in [1.807, 2.05) is 13.8 Å². The molecule has 0 heterocycles. The van der Waals surface area contributed by atoms with Gasteiger partial charge in [-0.2, -0.15) is 0 Å². The van der Waals surface area contributed by atoms with Crippen LogP contribution in [0.2, 0.25) is 0 Å². The number of rotatable bonds is 15. The number of amides is 1. The summed E-state index contributed by atoms with van der Waals surface area (Å²) < 4.78 is 24.7. The minimum absolute atomic E-state index is 0.0381. The first-order valence-corrected chi connectivity index (χ1v) is 8.48. The number of likely N-dealkylation sites (N-methyl/N-ethyl adjacent to an activating group) is 1. The molecule has 6 nitrogen and oxygen atoms in total. The summed E-state index contributed by atoms with van der Waals surface area (Å²) in [4.78, 5) is 10.1. The molecule has 0 aromatic carbocycles. The molecule has 0 fully saturated rings. The van der Waals surface area contributed by atoms with Crippen molar-refractivity contribution in [2.45, 2.75) is 46.4 Å². The maximum Gasteiger partial charge on any atom is 0.207 e. The monoisotopic (exact) mass is 337 g/mol. The molecular weight excluding hydrogens is 301 g/mol. The molecule has 0 aromatic rings. The van der Waals surface area contributed by atoms with Crippen LogP contribution >= 0.6 is 0 Å². The second-order valence-corrected chi connectivity index (χ2v) is 5.16. The van der Waals surface area contributed by atoms with Crippen LogP contribution in [0, 0.1) is 0 Å². The standard InChI is InChI=1S/C14H30FN3O3.C2H6/c1-4-16-5-8-20-9-6-17-7-10-21-14(2,3)13(15)11-18-12-19;1-2/h12-13,16-17H,4-11H2,1-3H3,(H,18,19);1-2H3. The minimum atomic E-state index is -1.24. The predicted molar refractivity (Wildman–Crippen MR) is 92.6 cm³/mol.